The molecule has 0 fully saturated rings. The predicted octanol–water partition coefficient (Wildman–Crippen LogP) is 0.969. The highest BCUT2D eigenvalue weighted by Gasteiger charge is 2.15. The molecular weight excluding hydrogens is 142 g/mol. The Kier molecular flexibility index (Phi) is 2.31. The van der Waals surface area contributed by atoms with Gasteiger partial charge in [0.25, 0.3) is 0 Å². The maximum absolute atomic E-state index is 9.48. The first kappa shape index (κ1) is 8.30. The molecule has 0 spiro atoms. The lowest BCUT2D eigenvalue weighted by atomic mass is 10.0. The highest BCUT2D eigenvalue weighted by atomic mass is 16.3. The summed E-state index contributed by atoms with van der Waals surface area (Å²) >= 11 is 0. The average molecular weight is 155 g/mol. The van der Waals surface area contributed by atoms with E-state index in [1.807, 2.05) is 6.92 Å². The number of furan rings is 1. The molecule has 3 heteroatoms. The summed E-state index contributed by atoms with van der Waals surface area (Å²) in [4.78, 5) is 0. The quantitative estimate of drug-likeness (QED) is 0.669. The van der Waals surface area contributed by atoms with E-state index in [-0.39, 0.29) is 6.04 Å². The lowest BCUT2D eigenvalue weighted by Gasteiger charge is -2.12. The third kappa shape index (κ3) is 1.61. The van der Waals surface area contributed by atoms with Crippen LogP contribution in [-0.4, -0.2) is 11.1 Å². The molecule has 62 valence electrons. The number of hydrogen-bond donors (Lipinski definition) is 2. The zero-order chi connectivity index (χ0) is 8.43. The van der Waals surface area contributed by atoms with Crippen LogP contribution >= 0.6 is 0 Å². The third-order valence-corrected chi connectivity index (χ3v) is 1.71. The minimum atomic E-state index is -0.617. The largest absolute Gasteiger partial charge is 0.472 e. The predicted molar refractivity (Wildman–Crippen MR) is 42.1 cm³/mol. The Morgan fingerprint density at radius 2 is 2.18 bits per heavy atom. The number of nitrogens with two attached hydrogens (primary N) is 1. The van der Waals surface area contributed by atoms with Crippen molar-refractivity contribution in [2.75, 3.05) is 0 Å². The fraction of sp³-hybridized carbons (Fsp3) is 0.500. The molecule has 3 N–H and O–H groups in total. The van der Waals surface area contributed by atoms with Gasteiger partial charge < -0.3 is 15.3 Å². The van der Waals surface area contributed by atoms with Crippen LogP contribution in [0.1, 0.15) is 24.2 Å². The van der Waals surface area contributed by atoms with Crippen molar-refractivity contribution in [3.05, 3.63) is 23.7 Å². The minimum Gasteiger partial charge on any atom is -0.472 e. The first-order valence-corrected chi connectivity index (χ1v) is 3.59. The summed E-state index contributed by atoms with van der Waals surface area (Å²) in [6, 6.07) is -0.258. The van der Waals surface area contributed by atoms with Crippen molar-refractivity contribution >= 4 is 0 Å². The molecule has 1 aromatic heterocycles. The van der Waals surface area contributed by atoms with Gasteiger partial charge in [0, 0.05) is 11.6 Å². The molecule has 2 unspecified atom stereocenters. The summed E-state index contributed by atoms with van der Waals surface area (Å²) in [6.07, 6.45) is 2.51. The average Bonchev–Trinajstić information content (AvgIpc) is 2.33. The summed E-state index contributed by atoms with van der Waals surface area (Å²) in [6.45, 7) is 3.64. The molecular formula is C8H13NO2. The summed E-state index contributed by atoms with van der Waals surface area (Å²) in [5.74, 6) is 0. The smallest absolute Gasteiger partial charge is 0.0971 e. The van der Waals surface area contributed by atoms with E-state index in [1.165, 1.54) is 6.26 Å². The van der Waals surface area contributed by atoms with Gasteiger partial charge >= 0.3 is 0 Å². The molecule has 0 radical (unpaired) electrons. The lowest BCUT2D eigenvalue weighted by molar-refractivity contribution is 0.152. The Hall–Kier alpha value is -0.800. The summed E-state index contributed by atoms with van der Waals surface area (Å²) in [5.41, 5.74) is 7.22. The van der Waals surface area contributed by atoms with Gasteiger partial charge in [-0.3, -0.25) is 0 Å². The fourth-order valence-electron chi connectivity index (χ4n) is 0.957. The van der Waals surface area contributed by atoms with Gasteiger partial charge in [0.15, 0.2) is 0 Å². The van der Waals surface area contributed by atoms with Crippen LogP contribution in [-0.2, 0) is 0 Å². The van der Waals surface area contributed by atoms with Gasteiger partial charge in [-0.15, -0.1) is 0 Å². The zero-order valence-corrected chi connectivity index (χ0v) is 6.74. The van der Waals surface area contributed by atoms with Gasteiger partial charge in [-0.2, -0.15) is 0 Å². The molecule has 0 aliphatic heterocycles. The molecule has 0 saturated carbocycles. The Balaban J connectivity index is 2.84. The van der Waals surface area contributed by atoms with Gasteiger partial charge in [0.2, 0.25) is 0 Å². The van der Waals surface area contributed by atoms with Crippen molar-refractivity contribution in [1.82, 2.24) is 0 Å². The molecule has 1 aromatic rings. The van der Waals surface area contributed by atoms with E-state index in [4.69, 9.17) is 10.2 Å². The van der Waals surface area contributed by atoms with Crippen molar-refractivity contribution in [3.8, 4) is 0 Å². The SMILES string of the molecule is Cc1cocc1C(O)C(C)N. The summed E-state index contributed by atoms with van der Waals surface area (Å²) in [5, 5.41) is 9.48. The Labute approximate surface area is 65.8 Å². The number of rotatable bonds is 2. The van der Waals surface area contributed by atoms with E-state index in [0.717, 1.165) is 11.1 Å². The van der Waals surface area contributed by atoms with Crippen LogP contribution in [0.15, 0.2) is 16.9 Å². The minimum absolute atomic E-state index is 0.258. The molecule has 0 amide bonds. The number of aryl methyl sites for hydroxylation is 1. The van der Waals surface area contributed by atoms with E-state index in [9.17, 15) is 5.11 Å². The normalized spacial score (nSPS) is 16.4. The van der Waals surface area contributed by atoms with Crippen molar-refractivity contribution in [1.29, 1.82) is 0 Å². The highest BCUT2D eigenvalue weighted by molar-refractivity contribution is 5.22. The van der Waals surface area contributed by atoms with E-state index >= 15 is 0 Å². The number of aliphatic hydroxyl groups excluding tert-OH is 1. The Morgan fingerprint density at radius 3 is 2.55 bits per heavy atom. The van der Waals surface area contributed by atoms with E-state index in [1.54, 1.807) is 13.2 Å². The van der Waals surface area contributed by atoms with Crippen LogP contribution < -0.4 is 5.73 Å². The van der Waals surface area contributed by atoms with Crippen molar-refractivity contribution in [2.24, 2.45) is 5.73 Å². The van der Waals surface area contributed by atoms with Crippen LogP contribution in [0.2, 0.25) is 0 Å². The molecule has 2 atom stereocenters. The lowest BCUT2D eigenvalue weighted by Crippen LogP contribution is -2.24. The monoisotopic (exact) mass is 155 g/mol. The molecule has 0 aromatic carbocycles. The van der Waals surface area contributed by atoms with E-state index in [2.05, 4.69) is 0 Å². The second-order valence-electron chi connectivity index (χ2n) is 2.81. The molecule has 1 rings (SSSR count). The summed E-state index contributed by atoms with van der Waals surface area (Å²) in [7, 11) is 0. The number of aliphatic hydroxyl groups is 1. The van der Waals surface area contributed by atoms with Crippen LogP contribution in [0.5, 0.6) is 0 Å². The third-order valence-electron chi connectivity index (χ3n) is 1.71. The van der Waals surface area contributed by atoms with Crippen molar-refractivity contribution in [3.63, 3.8) is 0 Å². The molecule has 11 heavy (non-hydrogen) atoms. The van der Waals surface area contributed by atoms with Gasteiger partial charge in [0.1, 0.15) is 0 Å². The van der Waals surface area contributed by atoms with Crippen LogP contribution in [0.4, 0.5) is 0 Å². The second-order valence-corrected chi connectivity index (χ2v) is 2.81. The van der Waals surface area contributed by atoms with E-state index in [0.29, 0.717) is 0 Å². The molecule has 1 heterocycles. The summed E-state index contributed by atoms with van der Waals surface area (Å²) < 4.78 is 4.90. The first-order valence-electron chi connectivity index (χ1n) is 3.59. The van der Waals surface area contributed by atoms with Gasteiger partial charge in [-0.05, 0) is 19.4 Å². The zero-order valence-electron chi connectivity index (χ0n) is 6.74. The van der Waals surface area contributed by atoms with Crippen LogP contribution in [0.25, 0.3) is 0 Å². The fourth-order valence-corrected chi connectivity index (χ4v) is 0.957. The molecule has 3 nitrogen and oxygen atoms in total. The maximum Gasteiger partial charge on any atom is 0.0971 e. The first-order chi connectivity index (χ1) is 5.13. The van der Waals surface area contributed by atoms with Crippen molar-refractivity contribution < 1.29 is 9.52 Å². The molecule has 0 bridgehead atoms. The topological polar surface area (TPSA) is 59.4 Å². The highest BCUT2D eigenvalue weighted by Crippen LogP contribution is 2.19. The van der Waals surface area contributed by atoms with Gasteiger partial charge in [-0.1, -0.05) is 0 Å². The maximum atomic E-state index is 9.48. The van der Waals surface area contributed by atoms with Gasteiger partial charge in [0.05, 0.1) is 18.6 Å². The van der Waals surface area contributed by atoms with Crippen molar-refractivity contribution in [2.45, 2.75) is 26.0 Å². The van der Waals surface area contributed by atoms with Crippen LogP contribution in [0, 0.1) is 6.92 Å². The van der Waals surface area contributed by atoms with E-state index < -0.39 is 6.10 Å². The Morgan fingerprint density at radius 1 is 1.55 bits per heavy atom. The molecule has 0 saturated heterocycles. The van der Waals surface area contributed by atoms with Crippen LogP contribution in [0.3, 0.4) is 0 Å². The second kappa shape index (κ2) is 3.07. The Bertz CT molecular complexity index is 230. The number of hydrogen-bond acceptors (Lipinski definition) is 3. The molecule has 0 aliphatic carbocycles. The van der Waals surface area contributed by atoms with Gasteiger partial charge in [-0.25, -0.2) is 0 Å². The standard InChI is InChI=1S/C8H13NO2/c1-5-3-11-4-7(5)8(10)6(2)9/h3-4,6,8,10H,9H2,1-2H3. The molecule has 0 aliphatic rings.